The Hall–Kier alpha value is -1.63. The minimum absolute atomic E-state index is 0.0931. The number of aromatic nitrogens is 3. The van der Waals surface area contributed by atoms with E-state index in [9.17, 15) is 13.5 Å². The Morgan fingerprint density at radius 1 is 1.28 bits per heavy atom. The fourth-order valence-corrected chi connectivity index (χ4v) is 3.70. The summed E-state index contributed by atoms with van der Waals surface area (Å²) in [5.74, 6) is 1.30. The Labute approximate surface area is 104 Å². The minimum Gasteiger partial charge on any atom is -0.506 e. The van der Waals surface area contributed by atoms with Crippen LogP contribution < -0.4 is 0 Å². The van der Waals surface area contributed by atoms with E-state index in [1.54, 1.807) is 12.1 Å². The SMILES string of the molecule is O=S1(=O)CCC(c2nc3ccc(O)cn3n2)CC1. The molecule has 1 aliphatic rings. The van der Waals surface area contributed by atoms with Crippen molar-refractivity contribution in [3.63, 3.8) is 0 Å². The molecular formula is C11H13N3O3S. The largest absolute Gasteiger partial charge is 0.506 e. The summed E-state index contributed by atoms with van der Waals surface area (Å²) in [4.78, 5) is 4.37. The first-order valence-corrected chi connectivity index (χ1v) is 7.61. The molecule has 0 spiro atoms. The van der Waals surface area contributed by atoms with Crippen LogP contribution in [0.25, 0.3) is 5.65 Å². The summed E-state index contributed by atoms with van der Waals surface area (Å²) in [5.41, 5.74) is 0.663. The fourth-order valence-electron chi connectivity index (χ4n) is 2.21. The lowest BCUT2D eigenvalue weighted by Crippen LogP contribution is -2.22. The van der Waals surface area contributed by atoms with Gasteiger partial charge in [-0.25, -0.2) is 17.9 Å². The predicted octanol–water partition coefficient (Wildman–Crippen LogP) is 0.727. The topological polar surface area (TPSA) is 84.6 Å². The molecule has 0 radical (unpaired) electrons. The highest BCUT2D eigenvalue weighted by Gasteiger charge is 2.27. The van der Waals surface area contributed by atoms with Gasteiger partial charge in [-0.2, -0.15) is 5.10 Å². The molecular weight excluding hydrogens is 254 g/mol. The van der Waals surface area contributed by atoms with Crippen LogP contribution in [0.5, 0.6) is 5.75 Å². The second-order valence-electron chi connectivity index (χ2n) is 4.59. The molecule has 3 heterocycles. The molecule has 6 nitrogen and oxygen atoms in total. The van der Waals surface area contributed by atoms with Crippen molar-refractivity contribution < 1.29 is 13.5 Å². The summed E-state index contributed by atoms with van der Waals surface area (Å²) in [5, 5.41) is 13.6. The number of pyridine rings is 1. The number of nitrogens with zero attached hydrogens (tertiary/aromatic N) is 3. The molecule has 0 atom stereocenters. The minimum atomic E-state index is -2.86. The smallest absolute Gasteiger partial charge is 0.155 e. The van der Waals surface area contributed by atoms with E-state index in [4.69, 9.17) is 0 Å². The van der Waals surface area contributed by atoms with Crippen molar-refractivity contribution in [3.8, 4) is 5.75 Å². The third kappa shape index (κ3) is 2.05. The molecule has 3 rings (SSSR count). The van der Waals surface area contributed by atoms with Gasteiger partial charge in [0.1, 0.15) is 15.6 Å². The Balaban J connectivity index is 1.91. The van der Waals surface area contributed by atoms with Gasteiger partial charge in [0.15, 0.2) is 11.5 Å². The zero-order valence-corrected chi connectivity index (χ0v) is 10.5. The van der Waals surface area contributed by atoms with Crippen LogP contribution in [0.1, 0.15) is 24.6 Å². The van der Waals surface area contributed by atoms with Crippen LogP contribution in [0.4, 0.5) is 0 Å². The lowest BCUT2D eigenvalue weighted by molar-refractivity contribution is 0.470. The van der Waals surface area contributed by atoms with Gasteiger partial charge in [-0.15, -0.1) is 0 Å². The highest BCUT2D eigenvalue weighted by molar-refractivity contribution is 7.91. The van der Waals surface area contributed by atoms with E-state index in [-0.39, 0.29) is 23.2 Å². The average molecular weight is 267 g/mol. The van der Waals surface area contributed by atoms with Gasteiger partial charge in [0, 0.05) is 5.92 Å². The molecule has 0 aliphatic carbocycles. The molecule has 0 saturated carbocycles. The number of fused-ring (bicyclic) bond motifs is 1. The maximum Gasteiger partial charge on any atom is 0.155 e. The summed E-state index contributed by atoms with van der Waals surface area (Å²) in [6.45, 7) is 0. The van der Waals surface area contributed by atoms with Crippen LogP contribution in [0, 0.1) is 0 Å². The van der Waals surface area contributed by atoms with Gasteiger partial charge in [0.25, 0.3) is 0 Å². The molecule has 2 aromatic rings. The molecule has 1 N–H and O–H groups in total. The van der Waals surface area contributed by atoms with Crippen LogP contribution in [-0.2, 0) is 9.84 Å². The lowest BCUT2D eigenvalue weighted by atomic mass is 10.0. The number of hydrogen-bond acceptors (Lipinski definition) is 5. The van der Waals surface area contributed by atoms with E-state index in [2.05, 4.69) is 10.1 Å². The highest BCUT2D eigenvalue weighted by Crippen LogP contribution is 2.27. The molecule has 1 fully saturated rings. The molecule has 0 bridgehead atoms. The van der Waals surface area contributed by atoms with E-state index in [0.717, 1.165) is 0 Å². The molecule has 2 aromatic heterocycles. The van der Waals surface area contributed by atoms with Gasteiger partial charge in [-0.1, -0.05) is 0 Å². The molecule has 1 aliphatic heterocycles. The first kappa shape index (κ1) is 11.5. The van der Waals surface area contributed by atoms with E-state index in [1.165, 1.54) is 10.7 Å². The number of sulfone groups is 1. The van der Waals surface area contributed by atoms with Crippen molar-refractivity contribution in [3.05, 3.63) is 24.2 Å². The van der Waals surface area contributed by atoms with Gasteiger partial charge >= 0.3 is 0 Å². The third-order valence-electron chi connectivity index (χ3n) is 3.25. The molecule has 1 saturated heterocycles. The zero-order valence-electron chi connectivity index (χ0n) is 9.65. The summed E-state index contributed by atoms with van der Waals surface area (Å²) >= 11 is 0. The third-order valence-corrected chi connectivity index (χ3v) is 4.97. The normalized spacial score (nSPS) is 20.2. The second-order valence-corrected chi connectivity index (χ2v) is 6.89. The Morgan fingerprint density at radius 2 is 2.00 bits per heavy atom. The van der Waals surface area contributed by atoms with E-state index >= 15 is 0 Å². The van der Waals surface area contributed by atoms with Crippen molar-refractivity contribution in [2.45, 2.75) is 18.8 Å². The van der Waals surface area contributed by atoms with Gasteiger partial charge < -0.3 is 5.11 Å². The van der Waals surface area contributed by atoms with Crippen molar-refractivity contribution in [2.24, 2.45) is 0 Å². The first-order chi connectivity index (χ1) is 8.53. The summed E-state index contributed by atoms with van der Waals surface area (Å²) < 4.78 is 24.3. The standard InChI is InChI=1S/C11H13N3O3S/c15-9-1-2-10-12-11(13-14(10)7-9)8-3-5-18(16,17)6-4-8/h1-2,7-8,15H,3-6H2. The Morgan fingerprint density at radius 3 is 2.72 bits per heavy atom. The Bertz CT molecular complexity index is 679. The maximum absolute atomic E-state index is 11.4. The van der Waals surface area contributed by atoms with Crippen molar-refractivity contribution >= 4 is 15.5 Å². The molecule has 0 unspecified atom stereocenters. The van der Waals surface area contributed by atoms with Crippen LogP contribution in [0.15, 0.2) is 18.3 Å². The Kier molecular flexibility index (Phi) is 2.51. The molecule has 18 heavy (non-hydrogen) atoms. The molecule has 0 amide bonds. The van der Waals surface area contributed by atoms with Crippen molar-refractivity contribution in [1.29, 1.82) is 0 Å². The van der Waals surface area contributed by atoms with Crippen LogP contribution in [0.2, 0.25) is 0 Å². The predicted molar refractivity (Wildman–Crippen MR) is 65.3 cm³/mol. The number of rotatable bonds is 1. The van der Waals surface area contributed by atoms with Gasteiger partial charge in [0.05, 0.1) is 17.7 Å². The van der Waals surface area contributed by atoms with Gasteiger partial charge in [0.2, 0.25) is 0 Å². The first-order valence-electron chi connectivity index (χ1n) is 5.79. The quantitative estimate of drug-likeness (QED) is 0.823. The average Bonchev–Trinajstić information content (AvgIpc) is 2.71. The zero-order chi connectivity index (χ0) is 12.8. The fraction of sp³-hybridized carbons (Fsp3) is 0.455. The lowest BCUT2D eigenvalue weighted by Gasteiger charge is -2.18. The number of aromatic hydroxyl groups is 1. The van der Waals surface area contributed by atoms with Gasteiger partial charge in [-0.3, -0.25) is 0 Å². The van der Waals surface area contributed by atoms with Crippen molar-refractivity contribution in [2.75, 3.05) is 11.5 Å². The second kappa shape index (κ2) is 3.94. The summed E-state index contributed by atoms with van der Waals surface area (Å²) in [6, 6.07) is 3.24. The summed E-state index contributed by atoms with van der Waals surface area (Å²) in [7, 11) is -2.86. The van der Waals surface area contributed by atoms with Crippen LogP contribution in [0.3, 0.4) is 0 Å². The van der Waals surface area contributed by atoms with E-state index in [1.807, 2.05) is 0 Å². The highest BCUT2D eigenvalue weighted by atomic mass is 32.2. The maximum atomic E-state index is 11.4. The van der Waals surface area contributed by atoms with E-state index < -0.39 is 9.84 Å². The van der Waals surface area contributed by atoms with Crippen LogP contribution in [-0.4, -0.2) is 39.6 Å². The van der Waals surface area contributed by atoms with Crippen molar-refractivity contribution in [1.82, 2.24) is 14.6 Å². The molecule has 96 valence electrons. The van der Waals surface area contributed by atoms with Crippen LogP contribution >= 0.6 is 0 Å². The van der Waals surface area contributed by atoms with Gasteiger partial charge in [-0.05, 0) is 25.0 Å². The monoisotopic (exact) mass is 267 g/mol. The summed E-state index contributed by atoms with van der Waals surface area (Å²) in [6.07, 6.45) is 2.64. The van der Waals surface area contributed by atoms with E-state index in [0.29, 0.717) is 24.3 Å². The number of hydrogen-bond donors (Lipinski definition) is 1. The molecule has 7 heteroatoms. The molecule has 0 aromatic carbocycles.